The van der Waals surface area contributed by atoms with Crippen molar-refractivity contribution in [3.8, 4) is 23.0 Å². The van der Waals surface area contributed by atoms with Crippen molar-refractivity contribution >= 4 is 34.2 Å². The molecule has 0 atom stereocenters. The molecule has 0 heterocycles. The van der Waals surface area contributed by atoms with E-state index in [1.54, 1.807) is 11.9 Å². The Morgan fingerprint density at radius 2 is 1.64 bits per heavy atom. The van der Waals surface area contributed by atoms with Gasteiger partial charge in [0.25, 0.3) is 0 Å². The molecule has 0 aliphatic carbocycles. The van der Waals surface area contributed by atoms with Gasteiger partial charge in [0, 0.05) is 10.6 Å². The van der Waals surface area contributed by atoms with Gasteiger partial charge in [-0.25, -0.2) is 0 Å². The molecule has 0 aromatic heterocycles. The first-order valence-electron chi connectivity index (χ1n) is 8.88. The van der Waals surface area contributed by atoms with Gasteiger partial charge in [0.05, 0.1) is 12.3 Å². The highest BCUT2D eigenvalue weighted by molar-refractivity contribution is 14.1. The molecule has 3 aromatic carbocycles. The number of rotatable bonds is 5. The molecule has 0 bridgehead atoms. The molecule has 0 saturated heterocycles. The van der Waals surface area contributed by atoms with Crippen LogP contribution >= 0.6 is 22.6 Å². The van der Waals surface area contributed by atoms with Crippen LogP contribution in [0.1, 0.15) is 5.56 Å². The Morgan fingerprint density at radius 3 is 2.36 bits per heavy atom. The number of carbonyl (C=O) groups is 1. The lowest BCUT2D eigenvalue weighted by atomic mass is 10.1. The van der Waals surface area contributed by atoms with E-state index in [0.717, 1.165) is 25.9 Å². The summed E-state index contributed by atoms with van der Waals surface area (Å²) >= 11 is 2.24. The van der Waals surface area contributed by atoms with Crippen LogP contribution in [-0.4, -0.2) is 19.6 Å². The van der Waals surface area contributed by atoms with Crippen molar-refractivity contribution in [2.75, 3.05) is 18.6 Å². The highest BCUT2D eigenvalue weighted by Gasteiger charge is 2.13. The van der Waals surface area contributed by atoms with E-state index in [4.69, 9.17) is 4.74 Å². The topological polar surface area (TPSA) is 29.5 Å². The predicted octanol–water partition coefficient (Wildman–Crippen LogP) is 5.14. The standard InChI is InChI=1S/C24H20INO2/c1-26(24(27)13-8-16-28-18-19-9-4-2-5-10-19)23-17-21(14-15-22(23)25)20-11-6-3-7-12-20/h2-7,9-12,14-15,17H,16,18H2,1H3. The molecule has 3 rings (SSSR count). The van der Waals surface area contributed by atoms with Crippen LogP contribution in [-0.2, 0) is 16.1 Å². The zero-order chi connectivity index (χ0) is 19.8. The van der Waals surface area contributed by atoms with E-state index in [1.165, 1.54) is 0 Å². The van der Waals surface area contributed by atoms with Gasteiger partial charge < -0.3 is 9.64 Å². The van der Waals surface area contributed by atoms with Gasteiger partial charge in [-0.2, -0.15) is 0 Å². The Bertz CT molecular complexity index is 991. The molecular formula is C24H20INO2. The van der Waals surface area contributed by atoms with Crippen molar-refractivity contribution in [2.24, 2.45) is 0 Å². The first kappa shape index (κ1) is 20.1. The number of halogens is 1. The Balaban J connectivity index is 1.63. The molecule has 0 spiro atoms. The maximum atomic E-state index is 12.5. The number of benzene rings is 3. The highest BCUT2D eigenvalue weighted by atomic mass is 127. The molecule has 0 aliphatic heterocycles. The van der Waals surface area contributed by atoms with Crippen LogP contribution in [0.3, 0.4) is 0 Å². The fourth-order valence-corrected chi connectivity index (χ4v) is 3.38. The van der Waals surface area contributed by atoms with Crippen LogP contribution < -0.4 is 4.90 Å². The number of anilines is 1. The molecule has 0 saturated carbocycles. The van der Waals surface area contributed by atoms with E-state index in [-0.39, 0.29) is 12.5 Å². The van der Waals surface area contributed by atoms with Gasteiger partial charge in [0.1, 0.15) is 6.61 Å². The number of carbonyl (C=O) groups excluding carboxylic acids is 1. The van der Waals surface area contributed by atoms with E-state index < -0.39 is 0 Å². The SMILES string of the molecule is CN(C(=O)C#CCOCc1ccccc1)c1cc(-c2ccccc2)ccc1I. The van der Waals surface area contributed by atoms with Gasteiger partial charge in [-0.05, 0) is 57.3 Å². The predicted molar refractivity (Wildman–Crippen MR) is 122 cm³/mol. The van der Waals surface area contributed by atoms with E-state index in [9.17, 15) is 4.79 Å². The van der Waals surface area contributed by atoms with Crippen molar-refractivity contribution in [1.29, 1.82) is 0 Å². The van der Waals surface area contributed by atoms with Crippen LogP contribution in [0.25, 0.3) is 11.1 Å². The average molecular weight is 481 g/mol. The van der Waals surface area contributed by atoms with Crippen molar-refractivity contribution < 1.29 is 9.53 Å². The van der Waals surface area contributed by atoms with Crippen molar-refractivity contribution in [2.45, 2.75) is 6.61 Å². The lowest BCUT2D eigenvalue weighted by Gasteiger charge is -2.17. The average Bonchev–Trinajstić information content (AvgIpc) is 2.74. The quantitative estimate of drug-likeness (QED) is 0.287. The molecule has 0 fully saturated rings. The first-order valence-corrected chi connectivity index (χ1v) is 9.96. The van der Waals surface area contributed by atoms with Gasteiger partial charge in [-0.1, -0.05) is 72.7 Å². The number of ether oxygens (including phenoxy) is 1. The summed E-state index contributed by atoms with van der Waals surface area (Å²) in [6.07, 6.45) is 0. The molecule has 28 heavy (non-hydrogen) atoms. The lowest BCUT2D eigenvalue weighted by molar-refractivity contribution is -0.113. The summed E-state index contributed by atoms with van der Waals surface area (Å²) < 4.78 is 6.51. The van der Waals surface area contributed by atoms with E-state index in [0.29, 0.717) is 6.61 Å². The summed E-state index contributed by atoms with van der Waals surface area (Å²) in [6, 6.07) is 26.1. The summed E-state index contributed by atoms with van der Waals surface area (Å²) in [7, 11) is 1.74. The minimum absolute atomic E-state index is 0.218. The zero-order valence-electron chi connectivity index (χ0n) is 15.6. The second-order valence-corrected chi connectivity index (χ2v) is 7.34. The van der Waals surface area contributed by atoms with Crippen molar-refractivity contribution in [3.63, 3.8) is 0 Å². The molecule has 140 valence electrons. The summed E-state index contributed by atoms with van der Waals surface area (Å²) in [6.45, 7) is 0.701. The smallest absolute Gasteiger partial charge is 0.302 e. The maximum absolute atomic E-state index is 12.5. The maximum Gasteiger partial charge on any atom is 0.302 e. The van der Waals surface area contributed by atoms with Crippen molar-refractivity contribution in [1.82, 2.24) is 0 Å². The lowest BCUT2D eigenvalue weighted by Crippen LogP contribution is -2.25. The summed E-state index contributed by atoms with van der Waals surface area (Å²) in [5, 5.41) is 0. The Kier molecular flexibility index (Phi) is 7.24. The Hall–Kier alpha value is -2.62. The largest absolute Gasteiger partial charge is 0.364 e. The van der Waals surface area contributed by atoms with E-state index >= 15 is 0 Å². The van der Waals surface area contributed by atoms with Crippen LogP contribution in [0, 0.1) is 15.4 Å². The van der Waals surface area contributed by atoms with Crippen LogP contribution in [0.15, 0.2) is 78.9 Å². The molecule has 0 N–H and O–H groups in total. The van der Waals surface area contributed by atoms with Gasteiger partial charge in [0.15, 0.2) is 0 Å². The van der Waals surface area contributed by atoms with Crippen LogP contribution in [0.4, 0.5) is 5.69 Å². The Labute approximate surface area is 179 Å². The van der Waals surface area contributed by atoms with Gasteiger partial charge in [-0.15, -0.1) is 0 Å². The normalized spacial score (nSPS) is 10.1. The fraction of sp³-hybridized carbons (Fsp3) is 0.125. The molecule has 0 radical (unpaired) electrons. The van der Waals surface area contributed by atoms with E-state index in [2.05, 4.69) is 52.6 Å². The minimum atomic E-state index is -0.258. The first-order chi connectivity index (χ1) is 13.6. The molecule has 4 heteroatoms. The van der Waals surface area contributed by atoms with Gasteiger partial charge in [-0.3, -0.25) is 4.79 Å². The summed E-state index contributed by atoms with van der Waals surface area (Å²) in [5.74, 6) is 5.21. The molecule has 0 unspecified atom stereocenters. The van der Waals surface area contributed by atoms with Crippen LogP contribution in [0.5, 0.6) is 0 Å². The zero-order valence-corrected chi connectivity index (χ0v) is 17.7. The third kappa shape index (κ3) is 5.44. The summed E-state index contributed by atoms with van der Waals surface area (Å²) in [5.41, 5.74) is 4.10. The third-order valence-corrected chi connectivity index (χ3v) is 5.11. The monoisotopic (exact) mass is 481 g/mol. The molecule has 0 aliphatic rings. The molecule has 1 amide bonds. The van der Waals surface area contributed by atoms with E-state index in [1.807, 2.05) is 60.7 Å². The Morgan fingerprint density at radius 1 is 0.964 bits per heavy atom. The molecular weight excluding hydrogens is 461 g/mol. The third-order valence-electron chi connectivity index (χ3n) is 4.20. The van der Waals surface area contributed by atoms with Crippen molar-refractivity contribution in [3.05, 3.63) is 88.0 Å². The molecule has 3 nitrogen and oxygen atoms in total. The molecule has 3 aromatic rings. The second kappa shape index (κ2) is 10.1. The fourth-order valence-electron chi connectivity index (χ4n) is 2.68. The summed E-state index contributed by atoms with van der Waals surface area (Å²) in [4.78, 5) is 14.1. The number of amides is 1. The second-order valence-electron chi connectivity index (χ2n) is 6.18. The number of nitrogens with zero attached hydrogens (tertiary/aromatic N) is 1. The van der Waals surface area contributed by atoms with Gasteiger partial charge >= 0.3 is 5.91 Å². The van der Waals surface area contributed by atoms with Gasteiger partial charge in [0.2, 0.25) is 0 Å². The number of hydrogen-bond acceptors (Lipinski definition) is 2. The highest BCUT2D eigenvalue weighted by Crippen LogP contribution is 2.28. The van der Waals surface area contributed by atoms with Crippen LogP contribution in [0.2, 0.25) is 0 Å². The minimum Gasteiger partial charge on any atom is -0.364 e. The number of hydrogen-bond donors (Lipinski definition) is 0.